The van der Waals surface area contributed by atoms with Crippen LogP contribution in [0.2, 0.25) is 0 Å². The highest BCUT2D eigenvalue weighted by atomic mass is 32.2. The number of hydrogen-bond donors (Lipinski definition) is 1. The lowest BCUT2D eigenvalue weighted by Crippen LogP contribution is -2.06. The lowest BCUT2D eigenvalue weighted by Gasteiger charge is -2.15. The van der Waals surface area contributed by atoms with Crippen LogP contribution in [0.3, 0.4) is 0 Å². The van der Waals surface area contributed by atoms with Crippen LogP contribution in [0, 0.1) is 20.8 Å². The van der Waals surface area contributed by atoms with Crippen molar-refractivity contribution in [2.75, 3.05) is 0 Å². The maximum atomic E-state index is 6.55. The zero-order valence-electron chi connectivity index (χ0n) is 17.9. The SMILES string of the molecule is CCC(CC)c1cc(C)nn2c(C3=C(N)CC(c4cccc(C)n4)S3)c(C)nc12. The van der Waals surface area contributed by atoms with Crippen molar-refractivity contribution in [3.63, 3.8) is 0 Å². The molecular formula is C23H29N5S. The molecule has 5 nitrogen and oxygen atoms in total. The van der Waals surface area contributed by atoms with Crippen LogP contribution >= 0.6 is 11.8 Å². The topological polar surface area (TPSA) is 69.1 Å². The number of nitrogens with two attached hydrogens (primary N) is 1. The van der Waals surface area contributed by atoms with Crippen LogP contribution in [0.15, 0.2) is 30.0 Å². The third-order valence-corrected chi connectivity index (χ3v) is 7.13. The predicted octanol–water partition coefficient (Wildman–Crippen LogP) is 5.46. The molecule has 152 valence electrons. The second kappa shape index (κ2) is 7.82. The van der Waals surface area contributed by atoms with Gasteiger partial charge in [0.25, 0.3) is 0 Å². The molecule has 4 heterocycles. The molecular weight excluding hydrogens is 378 g/mol. The Kier molecular flexibility index (Phi) is 5.38. The van der Waals surface area contributed by atoms with Gasteiger partial charge in [0.2, 0.25) is 0 Å². The highest BCUT2D eigenvalue weighted by Crippen LogP contribution is 2.50. The minimum absolute atomic E-state index is 0.234. The summed E-state index contributed by atoms with van der Waals surface area (Å²) in [4.78, 5) is 10.8. The molecule has 0 radical (unpaired) electrons. The first kappa shape index (κ1) is 20.0. The largest absolute Gasteiger partial charge is 0.401 e. The molecule has 0 saturated carbocycles. The van der Waals surface area contributed by atoms with Crippen LogP contribution in [0.4, 0.5) is 0 Å². The van der Waals surface area contributed by atoms with Crippen LogP contribution < -0.4 is 5.73 Å². The van der Waals surface area contributed by atoms with Gasteiger partial charge in [0.05, 0.1) is 27.2 Å². The fraction of sp³-hybridized carbons (Fsp3) is 0.435. The van der Waals surface area contributed by atoms with E-state index >= 15 is 0 Å². The Bertz CT molecular complexity index is 1090. The van der Waals surface area contributed by atoms with Gasteiger partial charge in [-0.2, -0.15) is 5.10 Å². The summed E-state index contributed by atoms with van der Waals surface area (Å²) >= 11 is 1.79. The van der Waals surface area contributed by atoms with Crippen molar-refractivity contribution in [3.8, 4) is 0 Å². The van der Waals surface area contributed by atoms with Crippen LogP contribution in [-0.2, 0) is 0 Å². The quantitative estimate of drug-likeness (QED) is 0.608. The van der Waals surface area contributed by atoms with E-state index in [0.717, 1.165) is 64.0 Å². The summed E-state index contributed by atoms with van der Waals surface area (Å²) in [6.45, 7) is 10.6. The third-order valence-electron chi connectivity index (χ3n) is 5.75. The number of nitrogens with zero attached hydrogens (tertiary/aromatic N) is 4. The lowest BCUT2D eigenvalue weighted by molar-refractivity contribution is 0.638. The third kappa shape index (κ3) is 3.54. The van der Waals surface area contributed by atoms with Crippen LogP contribution in [-0.4, -0.2) is 19.6 Å². The standard InChI is InChI=1S/C23H29N5S/c1-6-16(7-2)17-11-14(4)27-28-21(15(5)26-23(17)28)22-18(24)12-20(29-22)19-10-8-9-13(3)25-19/h8-11,16,20H,6-7,12,24H2,1-5H3. The molecule has 4 rings (SSSR count). The molecule has 0 aromatic carbocycles. The van der Waals surface area contributed by atoms with Gasteiger partial charge in [-0.25, -0.2) is 9.50 Å². The van der Waals surface area contributed by atoms with E-state index in [1.54, 1.807) is 11.8 Å². The fourth-order valence-electron chi connectivity index (χ4n) is 4.24. The first-order chi connectivity index (χ1) is 13.9. The van der Waals surface area contributed by atoms with E-state index in [-0.39, 0.29) is 5.25 Å². The normalized spacial score (nSPS) is 17.1. The predicted molar refractivity (Wildman–Crippen MR) is 121 cm³/mol. The summed E-state index contributed by atoms with van der Waals surface area (Å²) in [5.74, 6) is 0.487. The van der Waals surface area contributed by atoms with Crippen molar-refractivity contribution in [2.24, 2.45) is 5.73 Å². The Morgan fingerprint density at radius 1 is 1.14 bits per heavy atom. The van der Waals surface area contributed by atoms with Gasteiger partial charge >= 0.3 is 0 Å². The van der Waals surface area contributed by atoms with Crippen molar-refractivity contribution >= 4 is 22.3 Å². The number of hydrogen-bond acceptors (Lipinski definition) is 5. The second-order valence-corrected chi connectivity index (χ2v) is 9.12. The number of allylic oxidation sites excluding steroid dienone is 1. The molecule has 2 N–H and O–H groups in total. The lowest BCUT2D eigenvalue weighted by atomic mass is 9.95. The molecule has 0 bridgehead atoms. The van der Waals surface area contributed by atoms with E-state index in [1.165, 1.54) is 5.56 Å². The maximum absolute atomic E-state index is 6.55. The zero-order valence-corrected chi connectivity index (χ0v) is 18.7. The molecule has 29 heavy (non-hydrogen) atoms. The Hall–Kier alpha value is -2.34. The van der Waals surface area contributed by atoms with Crippen molar-refractivity contribution in [2.45, 2.75) is 65.0 Å². The molecule has 1 atom stereocenters. The monoisotopic (exact) mass is 407 g/mol. The van der Waals surface area contributed by atoms with Gasteiger partial charge in [-0.05, 0) is 57.7 Å². The molecule has 3 aromatic rings. The number of imidazole rings is 1. The molecule has 0 spiro atoms. The Morgan fingerprint density at radius 2 is 1.90 bits per heavy atom. The summed E-state index contributed by atoms with van der Waals surface area (Å²) in [5, 5.41) is 5.07. The van der Waals surface area contributed by atoms with E-state index in [0.29, 0.717) is 5.92 Å². The highest BCUT2D eigenvalue weighted by molar-refractivity contribution is 8.08. The Morgan fingerprint density at radius 3 is 2.59 bits per heavy atom. The smallest absolute Gasteiger partial charge is 0.158 e. The van der Waals surface area contributed by atoms with Crippen LogP contribution in [0.1, 0.15) is 78.3 Å². The Balaban J connectivity index is 1.80. The van der Waals surface area contributed by atoms with E-state index < -0.39 is 0 Å². The van der Waals surface area contributed by atoms with Gasteiger partial charge in [0, 0.05) is 23.4 Å². The van der Waals surface area contributed by atoms with Crippen molar-refractivity contribution in [1.29, 1.82) is 0 Å². The summed E-state index contributed by atoms with van der Waals surface area (Å²) in [6.07, 6.45) is 2.99. The fourth-order valence-corrected chi connectivity index (χ4v) is 5.62. The maximum Gasteiger partial charge on any atom is 0.158 e. The summed E-state index contributed by atoms with van der Waals surface area (Å²) in [5.41, 5.74) is 14.9. The first-order valence-electron chi connectivity index (χ1n) is 10.4. The average Bonchev–Trinajstić information content (AvgIpc) is 3.21. The number of aryl methyl sites for hydroxylation is 3. The molecule has 6 heteroatoms. The Labute approximate surface area is 176 Å². The first-order valence-corrected chi connectivity index (χ1v) is 11.3. The summed E-state index contributed by atoms with van der Waals surface area (Å²) in [7, 11) is 0. The minimum Gasteiger partial charge on any atom is -0.401 e. The molecule has 0 saturated heterocycles. The van der Waals surface area contributed by atoms with Gasteiger partial charge in [0.1, 0.15) is 5.69 Å². The second-order valence-electron chi connectivity index (χ2n) is 7.90. The number of fused-ring (bicyclic) bond motifs is 1. The van der Waals surface area contributed by atoms with E-state index in [4.69, 9.17) is 20.8 Å². The van der Waals surface area contributed by atoms with E-state index in [1.807, 2.05) is 17.5 Å². The summed E-state index contributed by atoms with van der Waals surface area (Å²) in [6, 6.07) is 8.39. The number of aromatic nitrogens is 4. The number of thioether (sulfide) groups is 1. The molecule has 0 fully saturated rings. The number of pyridine rings is 1. The van der Waals surface area contributed by atoms with Gasteiger partial charge in [0.15, 0.2) is 5.65 Å². The van der Waals surface area contributed by atoms with E-state index in [2.05, 4.69) is 45.9 Å². The molecule has 1 unspecified atom stereocenters. The summed E-state index contributed by atoms with van der Waals surface area (Å²) < 4.78 is 2.03. The highest BCUT2D eigenvalue weighted by Gasteiger charge is 2.31. The molecule has 0 amide bonds. The minimum atomic E-state index is 0.234. The molecule has 0 aliphatic carbocycles. The zero-order chi connectivity index (χ0) is 20.7. The van der Waals surface area contributed by atoms with Crippen molar-refractivity contribution in [3.05, 3.63) is 64.0 Å². The van der Waals surface area contributed by atoms with Crippen molar-refractivity contribution < 1.29 is 0 Å². The van der Waals surface area contributed by atoms with Crippen LogP contribution in [0.25, 0.3) is 10.6 Å². The molecule has 3 aromatic heterocycles. The van der Waals surface area contributed by atoms with Gasteiger partial charge < -0.3 is 5.73 Å². The number of rotatable bonds is 5. The van der Waals surface area contributed by atoms with Gasteiger partial charge in [-0.3, -0.25) is 4.98 Å². The van der Waals surface area contributed by atoms with E-state index in [9.17, 15) is 0 Å². The van der Waals surface area contributed by atoms with Gasteiger partial charge in [-0.1, -0.05) is 19.9 Å². The van der Waals surface area contributed by atoms with Crippen molar-refractivity contribution in [1.82, 2.24) is 19.6 Å². The molecule has 1 aliphatic rings. The average molecular weight is 408 g/mol. The van der Waals surface area contributed by atoms with Crippen LogP contribution in [0.5, 0.6) is 0 Å². The van der Waals surface area contributed by atoms with Gasteiger partial charge in [-0.15, -0.1) is 11.8 Å². The molecule has 1 aliphatic heterocycles.